The summed E-state index contributed by atoms with van der Waals surface area (Å²) in [5.41, 5.74) is 4.15. The van der Waals surface area contributed by atoms with Crippen LogP contribution in [0.3, 0.4) is 0 Å². The summed E-state index contributed by atoms with van der Waals surface area (Å²) in [7, 11) is 0. The number of H-pyrrole nitrogens is 1. The van der Waals surface area contributed by atoms with Crippen LogP contribution in [0.25, 0.3) is 0 Å². The monoisotopic (exact) mass is 422 g/mol. The summed E-state index contributed by atoms with van der Waals surface area (Å²) in [6, 6.07) is 17.3. The molecule has 7 heteroatoms. The Morgan fingerprint density at radius 2 is 1.90 bits per heavy atom. The van der Waals surface area contributed by atoms with Crippen LogP contribution in [0.15, 0.2) is 54.6 Å². The van der Waals surface area contributed by atoms with Gasteiger partial charge in [0.1, 0.15) is 0 Å². The topological polar surface area (TPSA) is 78.1 Å². The molecule has 6 nitrogen and oxygen atoms in total. The predicted molar refractivity (Wildman–Crippen MR) is 115 cm³/mol. The van der Waals surface area contributed by atoms with Gasteiger partial charge in [-0.25, -0.2) is 0 Å². The molecule has 0 radical (unpaired) electrons. The fourth-order valence-corrected chi connectivity index (χ4v) is 3.89. The molecule has 2 aromatic carbocycles. The molecule has 0 atom stereocenters. The van der Waals surface area contributed by atoms with Gasteiger partial charge in [0.15, 0.2) is 5.69 Å². The molecule has 2 amide bonds. The Morgan fingerprint density at radius 3 is 2.70 bits per heavy atom. The molecule has 2 heterocycles. The van der Waals surface area contributed by atoms with Gasteiger partial charge in [0.05, 0.1) is 6.42 Å². The SMILES string of the molecule is O=C(NCCc1ccccc1)c1n[nH]c2c1CN(C(=O)Cc1cccc(Cl)c1)CC2. The van der Waals surface area contributed by atoms with Crippen molar-refractivity contribution in [2.24, 2.45) is 0 Å². The number of aromatic amines is 1. The standard InChI is InChI=1S/C23H23ClN4O2/c24-18-8-4-7-17(13-18)14-21(29)28-12-10-20-19(15-28)22(27-26-20)23(30)25-11-9-16-5-2-1-3-6-16/h1-8,13H,9-12,14-15H2,(H,25,30)(H,26,27). The molecular weight excluding hydrogens is 400 g/mol. The molecule has 0 fully saturated rings. The molecule has 0 saturated heterocycles. The summed E-state index contributed by atoms with van der Waals surface area (Å²) < 4.78 is 0. The van der Waals surface area contributed by atoms with Gasteiger partial charge in [0, 0.05) is 42.3 Å². The molecule has 1 aromatic heterocycles. The molecule has 4 rings (SSSR count). The summed E-state index contributed by atoms with van der Waals surface area (Å²) in [5.74, 6) is -0.202. The molecule has 3 aromatic rings. The minimum absolute atomic E-state index is 0.0135. The van der Waals surface area contributed by atoms with Crippen LogP contribution < -0.4 is 5.32 Å². The van der Waals surface area contributed by atoms with Crippen molar-refractivity contribution >= 4 is 23.4 Å². The molecule has 0 saturated carbocycles. The van der Waals surface area contributed by atoms with Crippen LogP contribution >= 0.6 is 11.6 Å². The zero-order valence-electron chi connectivity index (χ0n) is 16.5. The van der Waals surface area contributed by atoms with E-state index in [0.717, 1.165) is 23.2 Å². The first-order valence-electron chi connectivity index (χ1n) is 10.0. The average molecular weight is 423 g/mol. The van der Waals surface area contributed by atoms with Gasteiger partial charge >= 0.3 is 0 Å². The lowest BCUT2D eigenvalue weighted by Crippen LogP contribution is -2.37. The highest BCUT2D eigenvalue weighted by atomic mass is 35.5. The number of amides is 2. The van der Waals surface area contributed by atoms with E-state index in [-0.39, 0.29) is 18.2 Å². The van der Waals surface area contributed by atoms with Gasteiger partial charge in [-0.15, -0.1) is 0 Å². The largest absolute Gasteiger partial charge is 0.350 e. The van der Waals surface area contributed by atoms with Crippen LogP contribution in [0.4, 0.5) is 0 Å². The lowest BCUT2D eigenvalue weighted by molar-refractivity contribution is -0.131. The van der Waals surface area contributed by atoms with Gasteiger partial charge in [-0.3, -0.25) is 14.7 Å². The van der Waals surface area contributed by atoms with E-state index in [9.17, 15) is 9.59 Å². The number of hydrogen-bond acceptors (Lipinski definition) is 3. The maximum absolute atomic E-state index is 12.8. The summed E-state index contributed by atoms with van der Waals surface area (Å²) in [4.78, 5) is 27.2. The highest BCUT2D eigenvalue weighted by molar-refractivity contribution is 6.30. The normalized spacial score (nSPS) is 13.0. The van der Waals surface area contributed by atoms with Gasteiger partial charge < -0.3 is 10.2 Å². The first-order chi connectivity index (χ1) is 14.6. The third kappa shape index (κ3) is 4.71. The molecular formula is C23H23ClN4O2. The molecule has 154 valence electrons. The van der Waals surface area contributed by atoms with Crippen molar-refractivity contribution in [3.8, 4) is 0 Å². The van der Waals surface area contributed by atoms with E-state index < -0.39 is 0 Å². The number of benzene rings is 2. The van der Waals surface area contributed by atoms with Gasteiger partial charge in [0.2, 0.25) is 5.91 Å². The number of rotatable bonds is 6. The Morgan fingerprint density at radius 1 is 1.10 bits per heavy atom. The highest BCUT2D eigenvalue weighted by Gasteiger charge is 2.27. The first kappa shape index (κ1) is 20.2. The quantitative estimate of drug-likeness (QED) is 0.640. The zero-order valence-corrected chi connectivity index (χ0v) is 17.3. The van der Waals surface area contributed by atoms with E-state index in [1.54, 1.807) is 17.0 Å². The fourth-order valence-electron chi connectivity index (χ4n) is 3.68. The molecule has 0 spiro atoms. The number of fused-ring (bicyclic) bond motifs is 1. The van der Waals surface area contributed by atoms with E-state index in [0.29, 0.717) is 36.8 Å². The Balaban J connectivity index is 1.38. The van der Waals surface area contributed by atoms with E-state index >= 15 is 0 Å². The van der Waals surface area contributed by atoms with E-state index in [4.69, 9.17) is 11.6 Å². The highest BCUT2D eigenvalue weighted by Crippen LogP contribution is 2.21. The van der Waals surface area contributed by atoms with Gasteiger partial charge in [0.25, 0.3) is 5.91 Å². The molecule has 1 aliphatic rings. The zero-order chi connectivity index (χ0) is 20.9. The Hall–Kier alpha value is -3.12. The lowest BCUT2D eigenvalue weighted by atomic mass is 10.0. The molecule has 2 N–H and O–H groups in total. The van der Waals surface area contributed by atoms with Crippen molar-refractivity contribution in [3.05, 3.63) is 87.7 Å². The second kappa shape index (κ2) is 9.13. The Labute approximate surface area is 180 Å². The molecule has 1 aliphatic heterocycles. The number of hydrogen-bond donors (Lipinski definition) is 2. The van der Waals surface area contributed by atoms with Crippen LogP contribution in [0.2, 0.25) is 5.02 Å². The van der Waals surface area contributed by atoms with Gasteiger partial charge in [-0.05, 0) is 29.7 Å². The summed E-state index contributed by atoms with van der Waals surface area (Å²) in [5, 5.41) is 10.7. The fraction of sp³-hybridized carbons (Fsp3) is 0.261. The van der Waals surface area contributed by atoms with E-state index in [1.807, 2.05) is 42.5 Å². The minimum atomic E-state index is -0.215. The number of halogens is 1. The van der Waals surface area contributed by atoms with Crippen LogP contribution in [0, 0.1) is 0 Å². The van der Waals surface area contributed by atoms with Crippen LogP contribution in [-0.4, -0.2) is 40.0 Å². The number of nitrogens with one attached hydrogen (secondary N) is 2. The molecule has 30 heavy (non-hydrogen) atoms. The van der Waals surface area contributed by atoms with Crippen molar-refractivity contribution in [1.29, 1.82) is 0 Å². The maximum Gasteiger partial charge on any atom is 0.272 e. The lowest BCUT2D eigenvalue weighted by Gasteiger charge is -2.27. The smallest absolute Gasteiger partial charge is 0.272 e. The van der Waals surface area contributed by atoms with Crippen molar-refractivity contribution in [2.75, 3.05) is 13.1 Å². The second-order valence-corrected chi connectivity index (χ2v) is 7.83. The van der Waals surface area contributed by atoms with E-state index in [1.165, 1.54) is 5.56 Å². The summed E-state index contributed by atoms with van der Waals surface area (Å²) in [6.45, 7) is 1.51. The summed E-state index contributed by atoms with van der Waals surface area (Å²) in [6.07, 6.45) is 1.69. The third-order valence-electron chi connectivity index (χ3n) is 5.29. The third-order valence-corrected chi connectivity index (χ3v) is 5.52. The van der Waals surface area contributed by atoms with Crippen LogP contribution in [0.1, 0.15) is 32.9 Å². The average Bonchev–Trinajstić information content (AvgIpc) is 3.18. The van der Waals surface area contributed by atoms with Crippen LogP contribution in [-0.2, 0) is 30.6 Å². The maximum atomic E-state index is 12.8. The Kier molecular flexibility index (Phi) is 6.14. The van der Waals surface area contributed by atoms with Crippen molar-refractivity contribution in [3.63, 3.8) is 0 Å². The second-order valence-electron chi connectivity index (χ2n) is 7.39. The number of aromatic nitrogens is 2. The number of nitrogens with zero attached hydrogens (tertiary/aromatic N) is 2. The first-order valence-corrected chi connectivity index (χ1v) is 10.4. The molecule has 0 bridgehead atoms. The van der Waals surface area contributed by atoms with Gasteiger partial charge in [-0.1, -0.05) is 54.1 Å². The minimum Gasteiger partial charge on any atom is -0.350 e. The summed E-state index contributed by atoms with van der Waals surface area (Å²) >= 11 is 6.02. The number of carbonyl (C=O) groups excluding carboxylic acids is 2. The van der Waals surface area contributed by atoms with Crippen molar-refractivity contribution in [1.82, 2.24) is 20.4 Å². The van der Waals surface area contributed by atoms with E-state index in [2.05, 4.69) is 15.5 Å². The molecule has 0 unspecified atom stereocenters. The van der Waals surface area contributed by atoms with Crippen molar-refractivity contribution in [2.45, 2.75) is 25.8 Å². The molecule has 0 aliphatic carbocycles. The van der Waals surface area contributed by atoms with Crippen molar-refractivity contribution < 1.29 is 9.59 Å². The van der Waals surface area contributed by atoms with Gasteiger partial charge in [-0.2, -0.15) is 5.10 Å². The number of carbonyl (C=O) groups is 2. The predicted octanol–water partition coefficient (Wildman–Crippen LogP) is 3.16. The Bertz CT molecular complexity index is 1050. The van der Waals surface area contributed by atoms with Crippen LogP contribution in [0.5, 0.6) is 0 Å².